The fourth-order valence-electron chi connectivity index (χ4n) is 2.16. The fraction of sp³-hybridized carbons (Fsp3) is 0.562. The number of thioether (sulfide) groups is 1. The van der Waals surface area contributed by atoms with Crippen molar-refractivity contribution in [3.05, 3.63) is 35.6 Å². The summed E-state index contributed by atoms with van der Waals surface area (Å²) >= 11 is 1.69. The molecule has 0 saturated heterocycles. The van der Waals surface area contributed by atoms with Gasteiger partial charge in [-0.05, 0) is 49.0 Å². The molecule has 1 aromatic carbocycles. The Kier molecular flexibility index (Phi) is 11.3. The molecule has 0 fully saturated rings. The van der Waals surface area contributed by atoms with Crippen LogP contribution in [0.4, 0.5) is 4.39 Å². The van der Waals surface area contributed by atoms with E-state index in [1.807, 2.05) is 19.2 Å². The molecule has 1 amide bonds. The summed E-state index contributed by atoms with van der Waals surface area (Å²) in [6.07, 6.45) is 4.24. The second-order valence-corrected chi connectivity index (χ2v) is 6.08. The molecule has 0 heterocycles. The molecule has 0 saturated carbocycles. The molecule has 0 bridgehead atoms. The highest BCUT2D eigenvalue weighted by Crippen LogP contribution is 2.08. The third kappa shape index (κ3) is 7.47. The van der Waals surface area contributed by atoms with Crippen molar-refractivity contribution in [1.29, 1.82) is 0 Å². The molecule has 1 aromatic rings. The van der Waals surface area contributed by atoms with Gasteiger partial charge >= 0.3 is 0 Å². The second-order valence-electron chi connectivity index (χ2n) is 5.09. The summed E-state index contributed by atoms with van der Waals surface area (Å²) in [5.74, 6) is 0.649. The van der Waals surface area contributed by atoms with Crippen molar-refractivity contribution < 1.29 is 9.18 Å². The number of carbonyl (C=O) groups excluding carboxylic acids is 1. The number of nitrogens with two attached hydrogens (primary N) is 1. The molecule has 22 heavy (non-hydrogen) atoms. The average Bonchev–Trinajstić information content (AvgIpc) is 2.48. The number of nitrogens with zero attached hydrogens (tertiary/aromatic N) is 1. The van der Waals surface area contributed by atoms with E-state index in [0.717, 1.165) is 17.7 Å². The van der Waals surface area contributed by atoms with Gasteiger partial charge in [-0.1, -0.05) is 19.1 Å². The van der Waals surface area contributed by atoms with Crippen molar-refractivity contribution >= 4 is 30.1 Å². The zero-order valence-electron chi connectivity index (χ0n) is 13.3. The summed E-state index contributed by atoms with van der Waals surface area (Å²) in [7, 11) is 0. The minimum Gasteiger partial charge on any atom is -0.341 e. The number of halogens is 2. The molecule has 0 aliphatic carbocycles. The van der Waals surface area contributed by atoms with Crippen LogP contribution in [-0.2, 0) is 11.2 Å². The van der Waals surface area contributed by atoms with Gasteiger partial charge in [-0.2, -0.15) is 11.8 Å². The molecule has 2 N–H and O–H groups in total. The Labute approximate surface area is 143 Å². The predicted octanol–water partition coefficient (Wildman–Crippen LogP) is 3.11. The molecule has 0 radical (unpaired) electrons. The van der Waals surface area contributed by atoms with Crippen LogP contribution in [0.15, 0.2) is 24.3 Å². The van der Waals surface area contributed by atoms with Gasteiger partial charge in [0.15, 0.2) is 0 Å². The van der Waals surface area contributed by atoms with E-state index in [1.165, 1.54) is 12.1 Å². The van der Waals surface area contributed by atoms with E-state index in [4.69, 9.17) is 5.73 Å². The summed E-state index contributed by atoms with van der Waals surface area (Å²) in [6.45, 7) is 3.32. The van der Waals surface area contributed by atoms with Crippen LogP contribution in [0.3, 0.4) is 0 Å². The largest absolute Gasteiger partial charge is 0.341 e. The van der Waals surface area contributed by atoms with Gasteiger partial charge in [-0.25, -0.2) is 4.39 Å². The monoisotopic (exact) mass is 348 g/mol. The molecule has 0 aromatic heterocycles. The van der Waals surface area contributed by atoms with Gasteiger partial charge in [0.25, 0.3) is 0 Å². The Hall–Kier alpha value is -0.780. The Morgan fingerprint density at radius 3 is 2.73 bits per heavy atom. The minimum atomic E-state index is -0.434. The van der Waals surface area contributed by atoms with E-state index >= 15 is 0 Å². The van der Waals surface area contributed by atoms with Crippen LogP contribution in [0, 0.1) is 5.82 Å². The van der Waals surface area contributed by atoms with Crippen LogP contribution in [0.1, 0.15) is 25.3 Å². The molecular formula is C16H26ClFN2OS. The lowest BCUT2D eigenvalue weighted by atomic mass is 10.1. The first-order valence-electron chi connectivity index (χ1n) is 7.36. The Morgan fingerprint density at radius 1 is 1.41 bits per heavy atom. The van der Waals surface area contributed by atoms with Gasteiger partial charge in [0.1, 0.15) is 5.82 Å². The number of hydrogen-bond acceptors (Lipinski definition) is 3. The standard InChI is InChI=1S/C16H25FN2OS.ClH/c1-3-9-19(16(20)15(18)8-11-21-2)10-7-13-5-4-6-14(17)12-13;/h4-6,12,15H,3,7-11,18H2,1-2H3;1H/t15-;/m0./s1. The van der Waals surface area contributed by atoms with E-state index in [1.54, 1.807) is 22.7 Å². The zero-order valence-corrected chi connectivity index (χ0v) is 14.9. The first kappa shape index (κ1) is 21.2. The molecule has 1 rings (SSSR count). The van der Waals surface area contributed by atoms with Crippen molar-refractivity contribution in [2.45, 2.75) is 32.2 Å². The smallest absolute Gasteiger partial charge is 0.239 e. The lowest BCUT2D eigenvalue weighted by Crippen LogP contribution is -2.45. The predicted molar refractivity (Wildman–Crippen MR) is 95.2 cm³/mol. The van der Waals surface area contributed by atoms with E-state index in [2.05, 4.69) is 0 Å². The van der Waals surface area contributed by atoms with Crippen molar-refractivity contribution in [2.75, 3.05) is 25.1 Å². The number of benzene rings is 1. The van der Waals surface area contributed by atoms with Crippen molar-refractivity contribution in [1.82, 2.24) is 4.90 Å². The molecule has 126 valence electrons. The maximum atomic E-state index is 13.2. The number of amides is 1. The Bertz CT molecular complexity index is 448. The highest BCUT2D eigenvalue weighted by molar-refractivity contribution is 7.98. The second kappa shape index (κ2) is 11.7. The lowest BCUT2D eigenvalue weighted by Gasteiger charge is -2.25. The highest BCUT2D eigenvalue weighted by atomic mass is 35.5. The molecule has 0 aliphatic heterocycles. The summed E-state index contributed by atoms with van der Waals surface area (Å²) < 4.78 is 13.2. The van der Waals surface area contributed by atoms with Crippen LogP contribution in [-0.4, -0.2) is 41.9 Å². The third-order valence-corrected chi connectivity index (χ3v) is 3.96. The molecule has 6 heteroatoms. The fourth-order valence-corrected chi connectivity index (χ4v) is 2.65. The molecule has 1 atom stereocenters. The van der Waals surface area contributed by atoms with Gasteiger partial charge < -0.3 is 10.6 Å². The van der Waals surface area contributed by atoms with E-state index < -0.39 is 6.04 Å². The molecule has 3 nitrogen and oxygen atoms in total. The van der Waals surface area contributed by atoms with Crippen molar-refractivity contribution in [3.8, 4) is 0 Å². The highest BCUT2D eigenvalue weighted by Gasteiger charge is 2.19. The van der Waals surface area contributed by atoms with E-state index in [-0.39, 0.29) is 24.1 Å². The normalized spacial score (nSPS) is 11.6. The van der Waals surface area contributed by atoms with Gasteiger partial charge in [-0.3, -0.25) is 4.79 Å². The zero-order chi connectivity index (χ0) is 15.7. The van der Waals surface area contributed by atoms with Gasteiger partial charge in [0.2, 0.25) is 5.91 Å². The molecule has 0 aliphatic rings. The average molecular weight is 349 g/mol. The topological polar surface area (TPSA) is 46.3 Å². The first-order chi connectivity index (χ1) is 10.1. The van der Waals surface area contributed by atoms with Crippen LogP contribution in [0.2, 0.25) is 0 Å². The van der Waals surface area contributed by atoms with Crippen molar-refractivity contribution in [3.63, 3.8) is 0 Å². The maximum Gasteiger partial charge on any atom is 0.239 e. The van der Waals surface area contributed by atoms with E-state index in [0.29, 0.717) is 25.9 Å². The minimum absolute atomic E-state index is 0. The SMILES string of the molecule is CCCN(CCc1cccc(F)c1)C(=O)[C@@H](N)CCSC.Cl. The van der Waals surface area contributed by atoms with Crippen LogP contribution in [0.25, 0.3) is 0 Å². The third-order valence-electron chi connectivity index (χ3n) is 3.31. The summed E-state index contributed by atoms with van der Waals surface area (Å²) in [5.41, 5.74) is 6.87. The Balaban J connectivity index is 0.00000441. The number of carbonyl (C=O) groups is 1. The Morgan fingerprint density at radius 2 is 2.14 bits per heavy atom. The summed E-state index contributed by atoms with van der Waals surface area (Å²) in [5, 5.41) is 0. The summed E-state index contributed by atoms with van der Waals surface area (Å²) in [4.78, 5) is 14.1. The van der Waals surface area contributed by atoms with Crippen molar-refractivity contribution in [2.24, 2.45) is 5.73 Å². The van der Waals surface area contributed by atoms with Crippen LogP contribution in [0.5, 0.6) is 0 Å². The lowest BCUT2D eigenvalue weighted by molar-refractivity contribution is -0.132. The molecular weight excluding hydrogens is 323 g/mol. The van der Waals surface area contributed by atoms with Crippen LogP contribution >= 0.6 is 24.2 Å². The summed E-state index contributed by atoms with van der Waals surface area (Å²) in [6, 6.07) is 6.09. The quantitative estimate of drug-likeness (QED) is 0.745. The van der Waals surface area contributed by atoms with Gasteiger partial charge in [-0.15, -0.1) is 12.4 Å². The van der Waals surface area contributed by atoms with E-state index in [9.17, 15) is 9.18 Å². The van der Waals surface area contributed by atoms with Crippen LogP contribution < -0.4 is 5.73 Å². The van der Waals surface area contributed by atoms with Gasteiger partial charge in [0, 0.05) is 13.1 Å². The molecule has 0 unspecified atom stereocenters. The maximum absolute atomic E-state index is 13.2. The number of rotatable bonds is 9. The van der Waals surface area contributed by atoms with Gasteiger partial charge in [0.05, 0.1) is 6.04 Å². The number of hydrogen-bond donors (Lipinski definition) is 1. The first-order valence-corrected chi connectivity index (χ1v) is 8.75. The molecule has 0 spiro atoms.